The molecular formula is C25H25ClF2N4O6. The number of hydrogen-bond donors (Lipinski definition) is 4. The topological polar surface area (TPSA) is 137 Å². The first-order valence-corrected chi connectivity index (χ1v) is 11.8. The van der Waals surface area contributed by atoms with Crippen LogP contribution < -0.4 is 16.0 Å². The molecule has 4 amide bonds. The second-order valence-corrected chi connectivity index (χ2v) is 8.62. The smallest absolute Gasteiger partial charge is 0.272 e. The predicted molar refractivity (Wildman–Crippen MR) is 133 cm³/mol. The monoisotopic (exact) mass is 550 g/mol. The van der Waals surface area contributed by atoms with Crippen molar-refractivity contribution in [2.24, 2.45) is 0 Å². The van der Waals surface area contributed by atoms with Crippen molar-refractivity contribution in [3.05, 3.63) is 75.6 Å². The first kappa shape index (κ1) is 28.5. The molecule has 0 bridgehead atoms. The third-order valence-corrected chi connectivity index (χ3v) is 5.98. The Bertz CT molecular complexity index is 1300. The summed E-state index contributed by atoms with van der Waals surface area (Å²) in [6.07, 6.45) is -0.227. The van der Waals surface area contributed by atoms with Crippen LogP contribution in [0.25, 0.3) is 0 Å². The number of imide groups is 1. The van der Waals surface area contributed by atoms with Crippen molar-refractivity contribution in [2.45, 2.75) is 26.0 Å². The Morgan fingerprint density at radius 3 is 2.58 bits per heavy atom. The first-order valence-electron chi connectivity index (χ1n) is 11.4. The normalized spacial score (nSPS) is 15.7. The number of hydrogen-bond acceptors (Lipinski definition) is 7. The molecule has 0 aliphatic carbocycles. The number of nitrogens with zero attached hydrogens (tertiary/aromatic N) is 1. The van der Waals surface area contributed by atoms with Gasteiger partial charge >= 0.3 is 0 Å². The fourth-order valence-corrected chi connectivity index (χ4v) is 3.78. The molecule has 0 radical (unpaired) electrons. The van der Waals surface area contributed by atoms with Crippen LogP contribution in [0.1, 0.15) is 27.9 Å². The van der Waals surface area contributed by atoms with E-state index in [1.807, 2.05) is 0 Å². The molecule has 1 heterocycles. The Labute approximate surface area is 221 Å². The molecule has 1 saturated heterocycles. The number of nitrogens with one attached hydrogen (secondary N) is 3. The van der Waals surface area contributed by atoms with Gasteiger partial charge in [0.25, 0.3) is 17.7 Å². The maximum Gasteiger partial charge on any atom is 0.272 e. The van der Waals surface area contributed by atoms with Gasteiger partial charge in [-0.3, -0.25) is 24.1 Å². The lowest BCUT2D eigenvalue weighted by Crippen LogP contribution is -2.42. The second kappa shape index (κ2) is 12.5. The van der Waals surface area contributed by atoms with Gasteiger partial charge in [-0.05, 0) is 36.8 Å². The van der Waals surface area contributed by atoms with E-state index in [9.17, 15) is 28.0 Å². The van der Waals surface area contributed by atoms with E-state index in [0.717, 1.165) is 11.0 Å². The van der Waals surface area contributed by atoms with Crippen molar-refractivity contribution in [1.82, 2.24) is 15.5 Å². The molecule has 10 nitrogen and oxygen atoms in total. The molecule has 2 aromatic rings. The SMILES string of the molecule is CN/C(OCc1ccc(F)cc1F)=C(/Cl)C(=O)Nc1cc(C(=O)NC2CC(=O)N(CCO)C2=O)ccc1C. The lowest BCUT2D eigenvalue weighted by molar-refractivity contribution is -0.139. The number of likely N-dealkylation sites (tertiary alicyclic amines) is 1. The molecule has 2 aromatic carbocycles. The Hall–Kier alpha value is -4.03. The predicted octanol–water partition coefficient (Wildman–Crippen LogP) is 1.91. The van der Waals surface area contributed by atoms with Crippen molar-refractivity contribution in [3.8, 4) is 0 Å². The quantitative estimate of drug-likeness (QED) is 0.201. The minimum atomic E-state index is -1.07. The van der Waals surface area contributed by atoms with Crippen LogP contribution in [0.2, 0.25) is 0 Å². The first-order chi connectivity index (χ1) is 18.0. The van der Waals surface area contributed by atoms with Gasteiger partial charge in [-0.15, -0.1) is 0 Å². The number of aliphatic hydroxyl groups is 1. The summed E-state index contributed by atoms with van der Waals surface area (Å²) in [6.45, 7) is 0.794. The van der Waals surface area contributed by atoms with E-state index in [1.54, 1.807) is 13.0 Å². The van der Waals surface area contributed by atoms with E-state index in [4.69, 9.17) is 21.4 Å². The molecule has 1 aliphatic rings. The highest BCUT2D eigenvalue weighted by molar-refractivity contribution is 6.44. The Balaban J connectivity index is 1.70. The maximum atomic E-state index is 13.9. The van der Waals surface area contributed by atoms with E-state index in [1.165, 1.54) is 25.2 Å². The van der Waals surface area contributed by atoms with E-state index in [0.29, 0.717) is 11.6 Å². The summed E-state index contributed by atoms with van der Waals surface area (Å²) in [5.41, 5.74) is 0.960. The van der Waals surface area contributed by atoms with E-state index < -0.39 is 46.3 Å². The third kappa shape index (κ3) is 6.64. The average Bonchev–Trinajstić information content (AvgIpc) is 3.14. The summed E-state index contributed by atoms with van der Waals surface area (Å²) in [5.74, 6) is -4.31. The van der Waals surface area contributed by atoms with Crippen molar-refractivity contribution < 1.29 is 37.8 Å². The van der Waals surface area contributed by atoms with Crippen LogP contribution in [-0.2, 0) is 25.7 Å². The fraction of sp³-hybridized carbons (Fsp3) is 0.280. The van der Waals surface area contributed by atoms with Crippen LogP contribution in [-0.4, -0.2) is 59.9 Å². The van der Waals surface area contributed by atoms with Crippen LogP contribution in [0, 0.1) is 18.6 Å². The number of benzene rings is 2. The van der Waals surface area contributed by atoms with Crippen LogP contribution >= 0.6 is 11.6 Å². The molecule has 3 rings (SSSR count). The van der Waals surface area contributed by atoms with Gasteiger partial charge in [-0.1, -0.05) is 17.7 Å². The van der Waals surface area contributed by atoms with E-state index in [-0.39, 0.29) is 48.9 Å². The lowest BCUT2D eigenvalue weighted by atomic mass is 10.1. The summed E-state index contributed by atoms with van der Waals surface area (Å²) in [6, 6.07) is 6.31. The summed E-state index contributed by atoms with van der Waals surface area (Å²) >= 11 is 6.17. The van der Waals surface area contributed by atoms with Gasteiger partial charge in [-0.25, -0.2) is 8.78 Å². The van der Waals surface area contributed by atoms with Crippen molar-refractivity contribution in [2.75, 3.05) is 25.5 Å². The minimum Gasteiger partial charge on any atom is -0.473 e. The summed E-state index contributed by atoms with van der Waals surface area (Å²) < 4.78 is 32.4. The number of rotatable bonds is 10. The average molecular weight is 551 g/mol. The number of aliphatic hydroxyl groups excluding tert-OH is 1. The van der Waals surface area contributed by atoms with Gasteiger partial charge in [0.1, 0.15) is 24.3 Å². The van der Waals surface area contributed by atoms with Gasteiger partial charge < -0.3 is 25.8 Å². The number of aryl methyl sites for hydroxylation is 1. The molecule has 202 valence electrons. The maximum absolute atomic E-state index is 13.9. The number of β-amino-alcohol motifs (C(OH)–C–C–N with tert-alkyl or cyclic N) is 1. The van der Waals surface area contributed by atoms with Crippen LogP contribution in [0.3, 0.4) is 0 Å². The molecule has 0 aromatic heterocycles. The number of ether oxygens (including phenoxy) is 1. The number of carbonyl (C=O) groups excluding carboxylic acids is 4. The van der Waals surface area contributed by atoms with E-state index >= 15 is 0 Å². The Kier molecular flexibility index (Phi) is 9.37. The zero-order chi connectivity index (χ0) is 28.0. The molecule has 1 atom stereocenters. The van der Waals surface area contributed by atoms with Gasteiger partial charge in [-0.2, -0.15) is 0 Å². The lowest BCUT2D eigenvalue weighted by Gasteiger charge is -2.15. The highest BCUT2D eigenvalue weighted by Gasteiger charge is 2.39. The Morgan fingerprint density at radius 2 is 1.92 bits per heavy atom. The van der Waals surface area contributed by atoms with Crippen molar-refractivity contribution >= 4 is 40.9 Å². The van der Waals surface area contributed by atoms with Crippen molar-refractivity contribution in [1.29, 1.82) is 0 Å². The molecule has 0 saturated carbocycles. The minimum absolute atomic E-state index is 0.0421. The molecule has 4 N–H and O–H groups in total. The number of anilines is 1. The molecule has 38 heavy (non-hydrogen) atoms. The number of halogens is 3. The molecular weight excluding hydrogens is 526 g/mol. The van der Waals surface area contributed by atoms with Gasteiger partial charge in [0, 0.05) is 29.9 Å². The summed E-state index contributed by atoms with van der Waals surface area (Å²) in [5, 5.41) is 16.3. The van der Waals surface area contributed by atoms with Gasteiger partial charge in [0.05, 0.1) is 19.6 Å². The molecule has 1 unspecified atom stereocenters. The largest absolute Gasteiger partial charge is 0.473 e. The summed E-state index contributed by atoms with van der Waals surface area (Å²) in [7, 11) is 1.43. The van der Waals surface area contributed by atoms with Crippen LogP contribution in [0.4, 0.5) is 14.5 Å². The number of carbonyl (C=O) groups is 4. The zero-order valence-corrected chi connectivity index (χ0v) is 21.2. The third-order valence-electron chi connectivity index (χ3n) is 5.63. The molecule has 1 fully saturated rings. The van der Waals surface area contributed by atoms with Crippen LogP contribution in [0.5, 0.6) is 0 Å². The zero-order valence-electron chi connectivity index (χ0n) is 20.4. The van der Waals surface area contributed by atoms with Gasteiger partial charge in [0.15, 0.2) is 5.03 Å². The number of amides is 4. The molecule has 1 aliphatic heterocycles. The fourth-order valence-electron chi connectivity index (χ4n) is 3.58. The highest BCUT2D eigenvalue weighted by atomic mass is 35.5. The van der Waals surface area contributed by atoms with E-state index in [2.05, 4.69) is 16.0 Å². The molecule has 13 heteroatoms. The Morgan fingerprint density at radius 1 is 1.18 bits per heavy atom. The summed E-state index contributed by atoms with van der Waals surface area (Å²) in [4.78, 5) is 50.7. The van der Waals surface area contributed by atoms with Crippen molar-refractivity contribution in [3.63, 3.8) is 0 Å². The van der Waals surface area contributed by atoms with Gasteiger partial charge in [0.2, 0.25) is 11.8 Å². The highest BCUT2D eigenvalue weighted by Crippen LogP contribution is 2.21. The second-order valence-electron chi connectivity index (χ2n) is 8.24. The van der Waals surface area contributed by atoms with Crippen LogP contribution in [0.15, 0.2) is 47.3 Å². The standard InChI is InChI=1S/C25H25ClF2N4O6/c1-13-3-4-14(22(35)31-19-11-20(34)32(7-8-33)25(19)37)9-18(13)30-23(36)21(26)24(29-2)38-12-15-5-6-16(27)10-17(15)28/h3-6,9-10,19,29,33H,7-8,11-12H2,1-2H3,(H,30,36)(H,31,35)/b24-21-. The molecule has 0 spiro atoms.